The minimum absolute atomic E-state index is 0.0725. The molecule has 2 saturated heterocycles. The molecule has 3 aromatic rings. The van der Waals surface area contributed by atoms with Crippen LogP contribution in [0.1, 0.15) is 28.3 Å². The van der Waals surface area contributed by atoms with Crippen LogP contribution in [0.15, 0.2) is 52.3 Å². The SMILES string of the molecule is COc1cc([C@H]2c3sc(=O)[nH]c3SC3C2[C@H]2C[C@@H]3C3C(=O)N(c4cccc(C(F)(F)F)c4)C(=O)C32)ccc1OCC(=O)N1CCOCC1. The largest absolute Gasteiger partial charge is 0.493 e. The van der Waals surface area contributed by atoms with Gasteiger partial charge in [-0.1, -0.05) is 23.5 Å². The molecule has 2 aliphatic carbocycles. The molecule has 0 radical (unpaired) electrons. The summed E-state index contributed by atoms with van der Waals surface area (Å²) in [4.78, 5) is 59.4. The van der Waals surface area contributed by atoms with Crippen LogP contribution < -0.4 is 19.2 Å². The number of nitrogens with one attached hydrogen (secondary N) is 1. The third-order valence-corrected chi connectivity index (χ3v) is 13.0. The van der Waals surface area contributed by atoms with Crippen molar-refractivity contribution in [2.24, 2.45) is 29.6 Å². The number of hydrogen-bond acceptors (Lipinski definition) is 9. The van der Waals surface area contributed by atoms with E-state index in [1.54, 1.807) is 11.0 Å². The number of thiazole rings is 1. The number of hydrogen-bond donors (Lipinski definition) is 1. The van der Waals surface area contributed by atoms with Crippen molar-refractivity contribution in [2.75, 3.05) is 44.9 Å². The molecule has 0 spiro atoms. The van der Waals surface area contributed by atoms with Gasteiger partial charge in [-0.3, -0.25) is 24.1 Å². The number of alkyl halides is 3. The minimum Gasteiger partial charge on any atom is -0.493 e. The number of thioether (sulfide) groups is 1. The molecule has 1 N–H and O–H groups in total. The van der Waals surface area contributed by atoms with Gasteiger partial charge in [0, 0.05) is 29.1 Å². The number of morpholine rings is 1. The number of aromatic nitrogens is 1. The van der Waals surface area contributed by atoms with Gasteiger partial charge in [0.05, 0.1) is 48.4 Å². The maximum absolute atomic E-state index is 14.0. The summed E-state index contributed by atoms with van der Waals surface area (Å²) in [5.41, 5.74) is -0.164. The Morgan fingerprint density at radius 3 is 2.50 bits per heavy atom. The van der Waals surface area contributed by atoms with E-state index in [0.717, 1.165) is 43.8 Å². The van der Waals surface area contributed by atoms with Crippen LogP contribution in [0.4, 0.5) is 18.9 Å². The number of benzene rings is 2. The predicted octanol–water partition coefficient (Wildman–Crippen LogP) is 4.38. The lowest BCUT2D eigenvalue weighted by atomic mass is 9.68. The van der Waals surface area contributed by atoms with Crippen LogP contribution in [-0.4, -0.2) is 72.9 Å². The topological polar surface area (TPSA) is 118 Å². The highest BCUT2D eigenvalue weighted by Crippen LogP contribution is 2.69. The van der Waals surface area contributed by atoms with Crippen LogP contribution in [0.2, 0.25) is 0 Å². The standard InChI is InChI=1S/C33H30F3N3O7S2/c1-44-21-11-15(5-6-20(21)46-14-22(40)38-7-9-45-10-8-38)23-24-18-13-19(27(24)47-29-28(23)48-32(43)37-29)26-25(18)30(41)39(31(26)42)17-4-2-3-16(12-17)33(34,35)36/h2-6,11-12,18-19,23-27H,7-10,13-14H2,1H3,(H,37,43)/t18-,19-,23-,24?,25?,26?,27?/m1/s1. The van der Waals surface area contributed by atoms with Gasteiger partial charge >= 0.3 is 11.0 Å². The smallest absolute Gasteiger partial charge is 0.416 e. The van der Waals surface area contributed by atoms with Crippen LogP contribution in [-0.2, 0) is 25.3 Å². The number of aromatic amines is 1. The van der Waals surface area contributed by atoms with Gasteiger partial charge in [-0.2, -0.15) is 13.2 Å². The van der Waals surface area contributed by atoms with Gasteiger partial charge in [-0.15, -0.1) is 11.8 Å². The van der Waals surface area contributed by atoms with Crippen molar-refractivity contribution < 1.29 is 41.8 Å². The van der Waals surface area contributed by atoms with Crippen LogP contribution in [0.3, 0.4) is 0 Å². The van der Waals surface area contributed by atoms with Gasteiger partial charge in [-0.05, 0) is 60.1 Å². The fourth-order valence-corrected chi connectivity index (χ4v) is 11.4. The molecule has 2 bridgehead atoms. The van der Waals surface area contributed by atoms with E-state index in [1.807, 2.05) is 12.1 Å². The number of carbonyl (C=O) groups is 3. The van der Waals surface area contributed by atoms with Crippen LogP contribution in [0.5, 0.6) is 11.5 Å². The number of rotatable bonds is 6. The number of H-pyrrole nitrogens is 1. The number of methoxy groups -OCH3 is 1. The average Bonchev–Trinajstić information content (AvgIpc) is 3.82. The maximum Gasteiger partial charge on any atom is 0.416 e. The molecule has 1 aromatic heterocycles. The second-order valence-corrected chi connectivity index (χ2v) is 14.9. The highest BCUT2D eigenvalue weighted by molar-refractivity contribution is 8.00. The van der Waals surface area contributed by atoms with E-state index in [1.165, 1.54) is 31.0 Å². The number of carbonyl (C=O) groups excluding carboxylic acids is 3. The first-order valence-corrected chi connectivity index (χ1v) is 17.4. The molecule has 4 fully saturated rings. The molecule has 3 amide bonds. The number of anilines is 1. The molecule has 252 valence electrons. The normalized spacial score (nSPS) is 29.1. The van der Waals surface area contributed by atoms with E-state index in [9.17, 15) is 32.3 Å². The average molecular weight is 702 g/mol. The fraction of sp³-hybridized carbons (Fsp3) is 0.455. The molecular formula is C33H30F3N3O7S2. The summed E-state index contributed by atoms with van der Waals surface area (Å²) in [5, 5.41) is 0.618. The molecule has 7 atom stereocenters. The van der Waals surface area contributed by atoms with Crippen molar-refractivity contribution in [3.63, 3.8) is 0 Å². The van der Waals surface area contributed by atoms with Gasteiger partial charge in [-0.25, -0.2) is 0 Å². The van der Waals surface area contributed by atoms with Gasteiger partial charge in [0.2, 0.25) is 11.8 Å². The monoisotopic (exact) mass is 701 g/mol. The van der Waals surface area contributed by atoms with Crippen molar-refractivity contribution in [3.05, 3.63) is 68.1 Å². The van der Waals surface area contributed by atoms with Crippen LogP contribution in [0, 0.1) is 29.6 Å². The number of ether oxygens (including phenoxy) is 3. The number of halogens is 3. The lowest BCUT2D eigenvalue weighted by molar-refractivity contribution is -0.138. The Balaban J connectivity index is 1.11. The number of fused-ring (bicyclic) bond motifs is 9. The Morgan fingerprint density at radius 2 is 1.77 bits per heavy atom. The highest BCUT2D eigenvalue weighted by atomic mass is 32.2. The van der Waals surface area contributed by atoms with Gasteiger partial charge in [0.25, 0.3) is 5.91 Å². The van der Waals surface area contributed by atoms with E-state index in [-0.39, 0.29) is 52.0 Å². The first kappa shape index (κ1) is 31.4. The van der Waals surface area contributed by atoms with E-state index >= 15 is 0 Å². The Kier molecular flexibility index (Phi) is 7.64. The van der Waals surface area contributed by atoms with Gasteiger partial charge in [0.1, 0.15) is 0 Å². The molecule has 8 rings (SSSR count). The quantitative estimate of drug-likeness (QED) is 0.377. The van der Waals surface area contributed by atoms with Gasteiger partial charge in [0.15, 0.2) is 18.1 Å². The summed E-state index contributed by atoms with van der Waals surface area (Å²) < 4.78 is 57.5. The maximum atomic E-state index is 14.0. The van der Waals surface area contributed by atoms with E-state index in [4.69, 9.17) is 14.2 Å². The second kappa shape index (κ2) is 11.7. The summed E-state index contributed by atoms with van der Waals surface area (Å²) in [6.07, 6.45) is -3.99. The zero-order chi connectivity index (χ0) is 33.5. The minimum atomic E-state index is -4.62. The number of amides is 3. The lowest BCUT2D eigenvalue weighted by Crippen LogP contribution is -2.43. The zero-order valence-electron chi connectivity index (χ0n) is 25.5. The molecule has 4 unspecified atom stereocenters. The van der Waals surface area contributed by atoms with Crippen molar-refractivity contribution in [1.82, 2.24) is 9.88 Å². The van der Waals surface area contributed by atoms with Crippen molar-refractivity contribution in [2.45, 2.75) is 28.8 Å². The van der Waals surface area contributed by atoms with Crippen molar-refractivity contribution >= 4 is 46.5 Å². The Labute approximate surface area is 280 Å². The Hall–Kier alpha value is -3.82. The summed E-state index contributed by atoms with van der Waals surface area (Å²) >= 11 is 2.63. The number of nitrogens with zero attached hydrogens (tertiary/aromatic N) is 2. The molecule has 10 nitrogen and oxygen atoms in total. The molecular weight excluding hydrogens is 672 g/mol. The molecule has 4 heterocycles. The third kappa shape index (κ3) is 4.95. The Bertz CT molecular complexity index is 1870. The van der Waals surface area contributed by atoms with E-state index < -0.39 is 35.4 Å². The molecule has 2 saturated carbocycles. The summed E-state index contributed by atoms with van der Waals surface area (Å²) in [6, 6.07) is 9.80. The van der Waals surface area contributed by atoms with E-state index in [2.05, 4.69) is 4.98 Å². The van der Waals surface area contributed by atoms with Crippen molar-refractivity contribution in [3.8, 4) is 11.5 Å². The number of imide groups is 1. The Morgan fingerprint density at radius 1 is 1.02 bits per heavy atom. The van der Waals surface area contributed by atoms with Crippen molar-refractivity contribution in [1.29, 1.82) is 0 Å². The van der Waals surface area contributed by atoms with Crippen LogP contribution in [0.25, 0.3) is 0 Å². The molecule has 3 aliphatic heterocycles. The van der Waals surface area contributed by atoms with E-state index in [0.29, 0.717) is 44.2 Å². The molecule has 48 heavy (non-hydrogen) atoms. The second-order valence-electron chi connectivity index (χ2n) is 12.7. The van der Waals surface area contributed by atoms with Gasteiger partial charge < -0.3 is 24.1 Å². The fourth-order valence-electron chi connectivity index (χ4n) is 8.51. The predicted molar refractivity (Wildman–Crippen MR) is 168 cm³/mol. The molecule has 5 aliphatic rings. The first-order valence-electron chi connectivity index (χ1n) is 15.7. The highest BCUT2D eigenvalue weighted by Gasteiger charge is 2.69. The lowest BCUT2D eigenvalue weighted by Gasteiger charge is -2.43. The summed E-state index contributed by atoms with van der Waals surface area (Å²) in [7, 11) is 1.50. The molecule has 2 aromatic carbocycles. The first-order chi connectivity index (χ1) is 23.0. The van der Waals surface area contributed by atoms with Crippen LogP contribution >= 0.6 is 23.1 Å². The zero-order valence-corrected chi connectivity index (χ0v) is 27.2. The molecule has 15 heteroatoms. The summed E-state index contributed by atoms with van der Waals surface area (Å²) in [6.45, 7) is 1.78. The summed E-state index contributed by atoms with van der Waals surface area (Å²) in [5.74, 6) is -2.49. The third-order valence-electron chi connectivity index (χ3n) is 10.4.